The van der Waals surface area contributed by atoms with Crippen molar-refractivity contribution in [3.05, 3.63) is 24.0 Å². The zero-order valence-corrected chi connectivity index (χ0v) is 8.53. The predicted molar refractivity (Wildman–Crippen MR) is 55.9 cm³/mol. The Morgan fingerprint density at radius 3 is 2.93 bits per heavy atom. The number of hydrogen-bond acceptors (Lipinski definition) is 3. The van der Waals surface area contributed by atoms with Gasteiger partial charge in [-0.1, -0.05) is 6.92 Å². The number of carbonyl (C=O) groups excluding carboxylic acids is 1. The van der Waals surface area contributed by atoms with E-state index in [1.54, 1.807) is 24.2 Å². The molecule has 0 spiro atoms. The van der Waals surface area contributed by atoms with E-state index < -0.39 is 0 Å². The van der Waals surface area contributed by atoms with Crippen LogP contribution in [0.4, 0.5) is 5.69 Å². The van der Waals surface area contributed by atoms with Crippen molar-refractivity contribution in [2.75, 3.05) is 19.3 Å². The highest BCUT2D eigenvalue weighted by Gasteiger charge is 2.13. The summed E-state index contributed by atoms with van der Waals surface area (Å²) in [7, 11) is 1.76. The summed E-state index contributed by atoms with van der Waals surface area (Å²) in [4.78, 5) is 17.3. The molecule has 0 aliphatic heterocycles. The number of nitrogen functional groups attached to an aromatic ring is 1. The first-order chi connectivity index (χ1) is 6.66. The summed E-state index contributed by atoms with van der Waals surface area (Å²) in [6.07, 6.45) is 4.01. The minimum atomic E-state index is -0.0718. The van der Waals surface area contributed by atoms with Gasteiger partial charge in [-0.05, 0) is 12.5 Å². The summed E-state index contributed by atoms with van der Waals surface area (Å²) >= 11 is 0. The number of pyridine rings is 1. The molecule has 0 atom stereocenters. The Morgan fingerprint density at radius 2 is 2.36 bits per heavy atom. The Balaban J connectivity index is 2.84. The molecule has 2 N–H and O–H groups in total. The van der Waals surface area contributed by atoms with Crippen molar-refractivity contribution in [3.63, 3.8) is 0 Å². The van der Waals surface area contributed by atoms with Gasteiger partial charge in [0.25, 0.3) is 5.91 Å². The van der Waals surface area contributed by atoms with E-state index >= 15 is 0 Å². The third kappa shape index (κ3) is 2.22. The first kappa shape index (κ1) is 10.5. The van der Waals surface area contributed by atoms with Crippen LogP contribution in [0.15, 0.2) is 18.5 Å². The Kier molecular flexibility index (Phi) is 3.45. The second-order valence-electron chi connectivity index (χ2n) is 3.19. The molecule has 0 aromatic carbocycles. The number of hydrogen-bond donors (Lipinski definition) is 1. The molecule has 0 unspecified atom stereocenters. The van der Waals surface area contributed by atoms with Gasteiger partial charge in [0.2, 0.25) is 0 Å². The lowest BCUT2D eigenvalue weighted by Gasteiger charge is -2.16. The average Bonchev–Trinajstić information content (AvgIpc) is 2.18. The maximum absolute atomic E-state index is 11.8. The number of amides is 1. The van der Waals surface area contributed by atoms with Gasteiger partial charge in [-0.3, -0.25) is 9.78 Å². The maximum Gasteiger partial charge on any atom is 0.257 e. The van der Waals surface area contributed by atoms with Crippen LogP contribution in [0.3, 0.4) is 0 Å². The van der Waals surface area contributed by atoms with Gasteiger partial charge in [-0.2, -0.15) is 0 Å². The number of carbonyl (C=O) groups is 1. The molecule has 14 heavy (non-hydrogen) atoms. The zero-order valence-electron chi connectivity index (χ0n) is 8.53. The highest BCUT2D eigenvalue weighted by Crippen LogP contribution is 2.11. The third-order valence-corrected chi connectivity index (χ3v) is 1.99. The molecular formula is C10H15N3O. The molecule has 4 nitrogen and oxygen atoms in total. The number of nitrogens with two attached hydrogens (primary N) is 1. The Bertz CT molecular complexity index is 325. The monoisotopic (exact) mass is 193 g/mol. The van der Waals surface area contributed by atoms with Crippen molar-refractivity contribution >= 4 is 11.6 Å². The molecule has 0 bridgehead atoms. The van der Waals surface area contributed by atoms with Crippen molar-refractivity contribution < 1.29 is 4.79 Å². The van der Waals surface area contributed by atoms with Crippen LogP contribution in [-0.4, -0.2) is 29.4 Å². The number of anilines is 1. The minimum absolute atomic E-state index is 0.0718. The molecular weight excluding hydrogens is 178 g/mol. The van der Waals surface area contributed by atoms with Crippen LogP contribution >= 0.6 is 0 Å². The SMILES string of the molecule is CCCN(C)C(=O)c1cnccc1N. The topological polar surface area (TPSA) is 59.2 Å². The van der Waals surface area contributed by atoms with E-state index in [-0.39, 0.29) is 5.91 Å². The van der Waals surface area contributed by atoms with Crippen molar-refractivity contribution in [2.24, 2.45) is 0 Å². The van der Waals surface area contributed by atoms with Crippen LogP contribution in [-0.2, 0) is 0 Å². The number of aromatic nitrogens is 1. The maximum atomic E-state index is 11.8. The van der Waals surface area contributed by atoms with Gasteiger partial charge < -0.3 is 10.6 Å². The second kappa shape index (κ2) is 4.60. The smallest absolute Gasteiger partial charge is 0.257 e. The summed E-state index contributed by atoms with van der Waals surface area (Å²) in [6, 6.07) is 1.63. The van der Waals surface area contributed by atoms with Crippen LogP contribution < -0.4 is 5.73 Å². The minimum Gasteiger partial charge on any atom is -0.398 e. The standard InChI is InChI=1S/C10H15N3O/c1-3-6-13(2)10(14)8-7-12-5-4-9(8)11/h4-5,7H,3,6H2,1-2H3,(H2,11,12). The first-order valence-corrected chi connectivity index (χ1v) is 4.61. The van der Waals surface area contributed by atoms with E-state index in [0.717, 1.165) is 13.0 Å². The fourth-order valence-electron chi connectivity index (χ4n) is 1.23. The zero-order chi connectivity index (χ0) is 10.6. The quantitative estimate of drug-likeness (QED) is 0.783. The van der Waals surface area contributed by atoms with Gasteiger partial charge in [-0.25, -0.2) is 0 Å². The fraction of sp³-hybridized carbons (Fsp3) is 0.400. The van der Waals surface area contributed by atoms with E-state index in [1.807, 2.05) is 6.92 Å². The van der Waals surface area contributed by atoms with Crippen molar-refractivity contribution in [1.82, 2.24) is 9.88 Å². The number of rotatable bonds is 3. The van der Waals surface area contributed by atoms with Crippen LogP contribution in [0.1, 0.15) is 23.7 Å². The Hall–Kier alpha value is -1.58. The molecule has 1 aromatic rings. The Labute approximate surface area is 83.7 Å². The lowest BCUT2D eigenvalue weighted by Crippen LogP contribution is -2.28. The summed E-state index contributed by atoms with van der Waals surface area (Å²) in [6.45, 7) is 2.75. The molecule has 0 radical (unpaired) electrons. The molecule has 1 aromatic heterocycles. The van der Waals surface area contributed by atoms with Crippen LogP contribution in [0, 0.1) is 0 Å². The molecule has 76 valence electrons. The lowest BCUT2D eigenvalue weighted by atomic mass is 10.2. The Morgan fingerprint density at radius 1 is 1.64 bits per heavy atom. The molecule has 0 fully saturated rings. The normalized spacial score (nSPS) is 9.86. The molecule has 0 saturated heterocycles. The summed E-state index contributed by atoms with van der Waals surface area (Å²) in [5, 5.41) is 0. The second-order valence-corrected chi connectivity index (χ2v) is 3.19. The summed E-state index contributed by atoms with van der Waals surface area (Å²) < 4.78 is 0. The van der Waals surface area contributed by atoms with Gasteiger partial charge in [0, 0.05) is 31.7 Å². The van der Waals surface area contributed by atoms with E-state index in [0.29, 0.717) is 11.3 Å². The molecule has 1 amide bonds. The molecule has 1 heterocycles. The first-order valence-electron chi connectivity index (χ1n) is 4.61. The highest BCUT2D eigenvalue weighted by molar-refractivity contribution is 5.98. The lowest BCUT2D eigenvalue weighted by molar-refractivity contribution is 0.0796. The summed E-state index contributed by atoms with van der Waals surface area (Å²) in [5.74, 6) is -0.0718. The van der Waals surface area contributed by atoms with Crippen LogP contribution in [0.5, 0.6) is 0 Å². The largest absolute Gasteiger partial charge is 0.398 e. The molecule has 4 heteroatoms. The van der Waals surface area contributed by atoms with E-state index in [9.17, 15) is 4.79 Å². The predicted octanol–water partition coefficient (Wildman–Crippen LogP) is 1.15. The fourth-order valence-corrected chi connectivity index (χ4v) is 1.23. The molecule has 0 saturated carbocycles. The van der Waals surface area contributed by atoms with Gasteiger partial charge in [-0.15, -0.1) is 0 Å². The van der Waals surface area contributed by atoms with Gasteiger partial charge in [0.05, 0.1) is 5.56 Å². The van der Waals surface area contributed by atoms with E-state index in [4.69, 9.17) is 5.73 Å². The van der Waals surface area contributed by atoms with Crippen LogP contribution in [0.2, 0.25) is 0 Å². The van der Waals surface area contributed by atoms with Gasteiger partial charge in [0.1, 0.15) is 0 Å². The van der Waals surface area contributed by atoms with E-state index in [1.165, 1.54) is 6.20 Å². The van der Waals surface area contributed by atoms with Crippen molar-refractivity contribution in [2.45, 2.75) is 13.3 Å². The highest BCUT2D eigenvalue weighted by atomic mass is 16.2. The third-order valence-electron chi connectivity index (χ3n) is 1.99. The summed E-state index contributed by atoms with van der Waals surface area (Å²) in [5.41, 5.74) is 6.62. The van der Waals surface area contributed by atoms with Crippen molar-refractivity contribution in [3.8, 4) is 0 Å². The number of nitrogens with zero attached hydrogens (tertiary/aromatic N) is 2. The molecule has 1 rings (SSSR count). The molecule has 0 aliphatic carbocycles. The average molecular weight is 193 g/mol. The van der Waals surface area contributed by atoms with Crippen LogP contribution in [0.25, 0.3) is 0 Å². The van der Waals surface area contributed by atoms with Crippen molar-refractivity contribution in [1.29, 1.82) is 0 Å². The van der Waals surface area contributed by atoms with E-state index in [2.05, 4.69) is 4.98 Å². The molecule has 0 aliphatic rings. The van der Waals surface area contributed by atoms with Gasteiger partial charge in [0.15, 0.2) is 0 Å². The van der Waals surface area contributed by atoms with Gasteiger partial charge >= 0.3 is 0 Å².